The van der Waals surface area contributed by atoms with Crippen LogP contribution in [-0.4, -0.2) is 33.4 Å². The molecule has 0 amide bonds. The van der Waals surface area contributed by atoms with Gasteiger partial charge in [-0.15, -0.1) is 0 Å². The molecule has 0 bridgehead atoms. The van der Waals surface area contributed by atoms with Crippen LogP contribution in [0.25, 0.3) is 0 Å². The molecule has 0 aliphatic carbocycles. The molecule has 6 nitrogen and oxygen atoms in total. The molecule has 0 heterocycles. The molecule has 0 aromatic heterocycles. The maximum Gasteiger partial charge on any atom is 0.127 e. The highest BCUT2D eigenvalue weighted by atomic mass is 16.5. The normalized spacial score (nSPS) is 13.2. The van der Waals surface area contributed by atoms with Crippen LogP contribution in [-0.2, 0) is 0 Å². The van der Waals surface area contributed by atoms with E-state index in [0.717, 1.165) is 34.1 Å². The molecule has 0 saturated carbocycles. The Hall–Kier alpha value is -2.44. The van der Waals surface area contributed by atoms with E-state index in [-0.39, 0.29) is 12.1 Å². The first kappa shape index (κ1) is 19.9. The monoisotopic (exact) mass is 360 g/mol. The summed E-state index contributed by atoms with van der Waals surface area (Å²) in [6, 6.07) is 11.3. The first-order chi connectivity index (χ1) is 12.5. The van der Waals surface area contributed by atoms with E-state index in [0.29, 0.717) is 0 Å². The Kier molecular flexibility index (Phi) is 6.71. The zero-order chi connectivity index (χ0) is 19.3. The Morgan fingerprint density at radius 3 is 1.38 bits per heavy atom. The zero-order valence-corrected chi connectivity index (χ0v) is 16.3. The summed E-state index contributed by atoms with van der Waals surface area (Å²) in [5, 5.41) is 1.79. The van der Waals surface area contributed by atoms with Crippen molar-refractivity contribution in [2.45, 2.75) is 25.9 Å². The van der Waals surface area contributed by atoms with Gasteiger partial charge in [-0.05, 0) is 26.0 Å². The van der Waals surface area contributed by atoms with Gasteiger partial charge in [0.15, 0.2) is 0 Å². The molecule has 0 spiro atoms. The molecule has 142 valence electrons. The Bertz CT molecular complexity index is 674. The van der Waals surface area contributed by atoms with Crippen molar-refractivity contribution in [3.8, 4) is 23.0 Å². The van der Waals surface area contributed by atoms with E-state index < -0.39 is 0 Å². The summed E-state index contributed by atoms with van der Waals surface area (Å²) in [7, 11) is 6.54. The highest BCUT2D eigenvalue weighted by molar-refractivity contribution is 5.44. The average molecular weight is 360 g/mol. The van der Waals surface area contributed by atoms with Crippen molar-refractivity contribution in [3.05, 3.63) is 47.5 Å². The van der Waals surface area contributed by atoms with Crippen LogP contribution in [0.4, 0.5) is 0 Å². The molecule has 0 aliphatic heterocycles. The minimum atomic E-state index is -0.0855. The standard InChI is InChI=1S/C20H28N2O4/c1-13(17-9-7-15(23-3)11-19(17)25-5)22(21)14(2)18-10-8-16(24-4)12-20(18)26-6/h7-14H,21H2,1-6H3. The fraction of sp³-hybridized carbons (Fsp3) is 0.400. The number of benzene rings is 2. The van der Waals surface area contributed by atoms with Gasteiger partial charge in [0.1, 0.15) is 23.0 Å². The lowest BCUT2D eigenvalue weighted by atomic mass is 10.0. The minimum absolute atomic E-state index is 0.0855. The van der Waals surface area contributed by atoms with E-state index in [1.807, 2.05) is 50.2 Å². The largest absolute Gasteiger partial charge is 0.497 e. The van der Waals surface area contributed by atoms with Crippen LogP contribution in [0.1, 0.15) is 37.1 Å². The predicted octanol–water partition coefficient (Wildman–Crippen LogP) is 3.72. The van der Waals surface area contributed by atoms with Gasteiger partial charge >= 0.3 is 0 Å². The van der Waals surface area contributed by atoms with Crippen LogP contribution in [0.15, 0.2) is 36.4 Å². The third-order valence-electron chi connectivity index (χ3n) is 4.68. The summed E-state index contributed by atoms with van der Waals surface area (Å²) in [5.41, 5.74) is 1.96. The van der Waals surface area contributed by atoms with Crippen LogP contribution in [0.3, 0.4) is 0 Å². The van der Waals surface area contributed by atoms with Gasteiger partial charge in [-0.3, -0.25) is 5.84 Å². The predicted molar refractivity (Wildman–Crippen MR) is 102 cm³/mol. The average Bonchev–Trinajstić information content (AvgIpc) is 2.70. The van der Waals surface area contributed by atoms with Crippen molar-refractivity contribution in [2.75, 3.05) is 28.4 Å². The summed E-state index contributed by atoms with van der Waals surface area (Å²) in [6.45, 7) is 4.08. The lowest BCUT2D eigenvalue weighted by Gasteiger charge is -2.32. The van der Waals surface area contributed by atoms with Crippen molar-refractivity contribution < 1.29 is 18.9 Å². The van der Waals surface area contributed by atoms with E-state index in [2.05, 4.69) is 0 Å². The molecular weight excluding hydrogens is 332 g/mol. The quantitative estimate of drug-likeness (QED) is 0.572. The number of hydrazine groups is 1. The van der Waals surface area contributed by atoms with Gasteiger partial charge in [-0.2, -0.15) is 0 Å². The molecule has 6 heteroatoms. The van der Waals surface area contributed by atoms with E-state index >= 15 is 0 Å². The van der Waals surface area contributed by atoms with Crippen molar-refractivity contribution >= 4 is 0 Å². The van der Waals surface area contributed by atoms with Gasteiger partial charge in [-0.1, -0.05) is 12.1 Å². The lowest BCUT2D eigenvalue weighted by Crippen LogP contribution is -2.36. The van der Waals surface area contributed by atoms with Crippen LogP contribution in [0.2, 0.25) is 0 Å². The van der Waals surface area contributed by atoms with Gasteiger partial charge in [-0.25, -0.2) is 5.01 Å². The Morgan fingerprint density at radius 1 is 0.692 bits per heavy atom. The van der Waals surface area contributed by atoms with Crippen molar-refractivity contribution in [2.24, 2.45) is 5.84 Å². The summed E-state index contributed by atoms with van der Waals surface area (Å²) in [5.74, 6) is 9.43. The molecule has 0 radical (unpaired) electrons. The number of nitrogens with zero attached hydrogens (tertiary/aromatic N) is 1. The number of ether oxygens (including phenoxy) is 4. The van der Waals surface area contributed by atoms with Gasteiger partial charge < -0.3 is 18.9 Å². The smallest absolute Gasteiger partial charge is 0.127 e. The Balaban J connectivity index is 2.32. The van der Waals surface area contributed by atoms with E-state index in [1.165, 1.54) is 0 Å². The third-order valence-corrected chi connectivity index (χ3v) is 4.68. The van der Waals surface area contributed by atoms with Crippen LogP contribution in [0, 0.1) is 0 Å². The molecule has 0 fully saturated rings. The van der Waals surface area contributed by atoms with Crippen molar-refractivity contribution in [1.82, 2.24) is 5.01 Å². The van der Waals surface area contributed by atoms with Crippen molar-refractivity contribution in [1.29, 1.82) is 0 Å². The first-order valence-electron chi connectivity index (χ1n) is 8.43. The SMILES string of the molecule is COc1ccc(C(C)N(N)C(C)c2ccc(OC)cc2OC)c(OC)c1. The maximum absolute atomic E-state index is 6.47. The first-order valence-corrected chi connectivity index (χ1v) is 8.43. The van der Waals surface area contributed by atoms with E-state index in [9.17, 15) is 0 Å². The summed E-state index contributed by atoms with van der Waals surface area (Å²) in [4.78, 5) is 0. The van der Waals surface area contributed by atoms with E-state index in [4.69, 9.17) is 24.8 Å². The summed E-state index contributed by atoms with van der Waals surface area (Å²) >= 11 is 0. The maximum atomic E-state index is 6.47. The molecule has 0 aliphatic rings. The van der Waals surface area contributed by atoms with Crippen molar-refractivity contribution in [3.63, 3.8) is 0 Å². The zero-order valence-electron chi connectivity index (χ0n) is 16.3. The fourth-order valence-corrected chi connectivity index (χ4v) is 2.98. The topological polar surface area (TPSA) is 66.2 Å². The highest BCUT2D eigenvalue weighted by Crippen LogP contribution is 2.37. The molecule has 2 unspecified atom stereocenters. The van der Waals surface area contributed by atoms with Gasteiger partial charge in [0.25, 0.3) is 0 Å². The van der Waals surface area contributed by atoms with Gasteiger partial charge in [0.05, 0.1) is 40.5 Å². The molecule has 2 aromatic rings. The Labute approximate surface area is 155 Å². The number of methoxy groups -OCH3 is 4. The number of hydrogen-bond acceptors (Lipinski definition) is 6. The Morgan fingerprint density at radius 2 is 1.08 bits per heavy atom. The van der Waals surface area contributed by atoms with Gasteiger partial charge in [0.2, 0.25) is 0 Å². The van der Waals surface area contributed by atoms with E-state index in [1.54, 1.807) is 33.4 Å². The fourth-order valence-electron chi connectivity index (χ4n) is 2.98. The number of rotatable bonds is 8. The minimum Gasteiger partial charge on any atom is -0.497 e. The van der Waals surface area contributed by atoms with Crippen LogP contribution >= 0.6 is 0 Å². The second-order valence-electron chi connectivity index (χ2n) is 6.01. The molecule has 2 atom stereocenters. The van der Waals surface area contributed by atoms with Crippen LogP contribution in [0.5, 0.6) is 23.0 Å². The molecule has 2 rings (SSSR count). The summed E-state index contributed by atoms with van der Waals surface area (Å²) in [6.07, 6.45) is 0. The molecule has 26 heavy (non-hydrogen) atoms. The number of nitrogens with two attached hydrogens (primary N) is 1. The second kappa shape index (κ2) is 8.78. The number of hydrogen-bond donors (Lipinski definition) is 1. The lowest BCUT2D eigenvalue weighted by molar-refractivity contribution is 0.152. The molecule has 2 N–H and O–H groups in total. The molecular formula is C20H28N2O4. The molecule has 2 aromatic carbocycles. The highest BCUT2D eigenvalue weighted by Gasteiger charge is 2.24. The third kappa shape index (κ3) is 4.03. The van der Waals surface area contributed by atoms with Gasteiger partial charge in [0, 0.05) is 23.3 Å². The molecule has 0 saturated heterocycles. The van der Waals surface area contributed by atoms with Crippen LogP contribution < -0.4 is 24.8 Å². The second-order valence-corrected chi connectivity index (χ2v) is 6.01. The summed E-state index contributed by atoms with van der Waals surface area (Å²) < 4.78 is 21.6.